The van der Waals surface area contributed by atoms with Crippen LogP contribution in [0.1, 0.15) is 44.2 Å². The van der Waals surface area contributed by atoms with Crippen LogP contribution in [0.2, 0.25) is 0 Å². The lowest BCUT2D eigenvalue weighted by Crippen LogP contribution is -2.42. The van der Waals surface area contributed by atoms with Gasteiger partial charge in [-0.05, 0) is 49.9 Å². The Kier molecular flexibility index (Phi) is 5.37. The molecule has 1 aromatic carbocycles. The van der Waals surface area contributed by atoms with Crippen molar-refractivity contribution in [2.45, 2.75) is 49.6 Å². The summed E-state index contributed by atoms with van der Waals surface area (Å²) in [4.78, 5) is 0.149. The van der Waals surface area contributed by atoms with E-state index in [-0.39, 0.29) is 10.9 Å². The summed E-state index contributed by atoms with van der Waals surface area (Å²) in [5, 5.41) is 8.74. The Labute approximate surface area is 127 Å². The lowest BCUT2D eigenvalue weighted by atomic mass is 9.84. The quantitative estimate of drug-likeness (QED) is 0.767. The summed E-state index contributed by atoms with van der Waals surface area (Å²) >= 11 is 0. The predicted octanol–water partition coefficient (Wildman–Crippen LogP) is 1.50. The number of sulfonamides is 1. The summed E-state index contributed by atoms with van der Waals surface area (Å²) < 4.78 is 22.5. The molecule has 1 aromatic rings. The van der Waals surface area contributed by atoms with Gasteiger partial charge in [0.2, 0.25) is 10.0 Å². The maximum absolute atomic E-state index is 11.3. The molecule has 118 valence electrons. The fourth-order valence-electron chi connectivity index (χ4n) is 3.07. The molecule has 2 rings (SSSR count). The Balaban J connectivity index is 2.04. The van der Waals surface area contributed by atoms with Gasteiger partial charge in [0.1, 0.15) is 0 Å². The highest BCUT2D eigenvalue weighted by Crippen LogP contribution is 2.26. The van der Waals surface area contributed by atoms with E-state index in [0.717, 1.165) is 18.5 Å². The number of nitrogens with two attached hydrogens (primary N) is 2. The highest BCUT2D eigenvalue weighted by Gasteiger charge is 2.25. The molecular weight excluding hydrogens is 286 g/mol. The molecule has 0 amide bonds. The smallest absolute Gasteiger partial charge is 0.238 e. The van der Waals surface area contributed by atoms with E-state index in [1.807, 2.05) is 12.1 Å². The van der Waals surface area contributed by atoms with Gasteiger partial charge in [-0.15, -0.1) is 0 Å². The molecule has 0 radical (unpaired) electrons. The summed E-state index contributed by atoms with van der Waals surface area (Å²) in [5.74, 6) is 0.532. The highest BCUT2D eigenvalue weighted by molar-refractivity contribution is 7.89. The van der Waals surface area contributed by atoms with Crippen molar-refractivity contribution in [2.24, 2.45) is 16.8 Å². The fraction of sp³-hybridized carbons (Fsp3) is 0.600. The molecule has 0 aromatic heterocycles. The average molecular weight is 311 g/mol. The zero-order chi connectivity index (χ0) is 15.5. The Morgan fingerprint density at radius 1 is 1.24 bits per heavy atom. The second-order valence-electron chi connectivity index (χ2n) is 5.89. The SMILES string of the molecule is CC(NC1CCCCC1CN)c1ccc(S(N)(=O)=O)cc1. The van der Waals surface area contributed by atoms with Crippen LogP contribution >= 0.6 is 0 Å². The number of primary sulfonamides is 1. The topological polar surface area (TPSA) is 98.2 Å². The molecule has 6 heteroatoms. The van der Waals surface area contributed by atoms with Crippen LogP contribution in [0.25, 0.3) is 0 Å². The largest absolute Gasteiger partial charge is 0.330 e. The second kappa shape index (κ2) is 6.87. The number of benzene rings is 1. The molecule has 0 spiro atoms. The van der Waals surface area contributed by atoms with Crippen LogP contribution < -0.4 is 16.2 Å². The summed E-state index contributed by atoms with van der Waals surface area (Å²) in [7, 11) is -3.62. The van der Waals surface area contributed by atoms with E-state index in [9.17, 15) is 8.42 Å². The van der Waals surface area contributed by atoms with E-state index in [0.29, 0.717) is 12.0 Å². The van der Waals surface area contributed by atoms with Crippen molar-refractivity contribution >= 4 is 10.0 Å². The van der Waals surface area contributed by atoms with Crippen LogP contribution in [-0.4, -0.2) is 21.0 Å². The molecule has 0 bridgehead atoms. The summed E-state index contributed by atoms with van der Waals surface area (Å²) in [6.45, 7) is 2.81. The van der Waals surface area contributed by atoms with Gasteiger partial charge < -0.3 is 11.1 Å². The Morgan fingerprint density at radius 3 is 2.43 bits per heavy atom. The molecule has 1 saturated carbocycles. The summed E-state index contributed by atoms with van der Waals surface area (Å²) in [6.07, 6.45) is 4.84. The minimum atomic E-state index is -3.62. The number of rotatable bonds is 5. The van der Waals surface area contributed by atoms with Crippen molar-refractivity contribution in [2.75, 3.05) is 6.54 Å². The molecule has 21 heavy (non-hydrogen) atoms. The summed E-state index contributed by atoms with van der Waals surface area (Å²) in [6, 6.07) is 7.36. The van der Waals surface area contributed by atoms with Gasteiger partial charge in [-0.2, -0.15) is 0 Å². The lowest BCUT2D eigenvalue weighted by molar-refractivity contribution is 0.252. The van der Waals surface area contributed by atoms with Gasteiger partial charge in [-0.1, -0.05) is 25.0 Å². The van der Waals surface area contributed by atoms with Crippen molar-refractivity contribution in [1.29, 1.82) is 0 Å². The third-order valence-corrected chi connectivity index (χ3v) is 5.31. The zero-order valence-corrected chi connectivity index (χ0v) is 13.3. The second-order valence-corrected chi connectivity index (χ2v) is 7.45. The minimum absolute atomic E-state index is 0.149. The van der Waals surface area contributed by atoms with Crippen molar-refractivity contribution in [1.82, 2.24) is 5.32 Å². The molecule has 3 unspecified atom stereocenters. The molecule has 0 heterocycles. The maximum Gasteiger partial charge on any atom is 0.238 e. The van der Waals surface area contributed by atoms with Gasteiger partial charge in [-0.25, -0.2) is 13.6 Å². The van der Waals surface area contributed by atoms with Gasteiger partial charge in [0.15, 0.2) is 0 Å². The van der Waals surface area contributed by atoms with E-state index in [1.165, 1.54) is 19.3 Å². The lowest BCUT2D eigenvalue weighted by Gasteiger charge is -2.34. The van der Waals surface area contributed by atoms with Gasteiger partial charge in [0.05, 0.1) is 4.90 Å². The molecule has 5 N–H and O–H groups in total. The molecule has 1 aliphatic rings. The number of nitrogens with one attached hydrogen (secondary N) is 1. The fourth-order valence-corrected chi connectivity index (χ4v) is 3.59. The minimum Gasteiger partial charge on any atom is -0.330 e. The van der Waals surface area contributed by atoms with Crippen molar-refractivity contribution < 1.29 is 8.42 Å². The molecule has 3 atom stereocenters. The molecule has 1 aliphatic carbocycles. The first-order chi connectivity index (χ1) is 9.91. The van der Waals surface area contributed by atoms with Crippen LogP contribution in [0.15, 0.2) is 29.2 Å². The molecule has 0 saturated heterocycles. The molecule has 1 fully saturated rings. The van der Waals surface area contributed by atoms with Crippen molar-refractivity contribution in [3.8, 4) is 0 Å². The first-order valence-corrected chi connectivity index (χ1v) is 9.05. The first kappa shape index (κ1) is 16.4. The third kappa shape index (κ3) is 4.26. The Hall–Kier alpha value is -0.950. The van der Waals surface area contributed by atoms with Crippen LogP contribution in [0.5, 0.6) is 0 Å². The van der Waals surface area contributed by atoms with Crippen molar-refractivity contribution in [3.63, 3.8) is 0 Å². The van der Waals surface area contributed by atoms with E-state index in [1.54, 1.807) is 12.1 Å². The Bertz CT molecular complexity index is 557. The number of hydrogen-bond acceptors (Lipinski definition) is 4. The van der Waals surface area contributed by atoms with Crippen LogP contribution in [0.4, 0.5) is 0 Å². The van der Waals surface area contributed by atoms with E-state index < -0.39 is 10.0 Å². The zero-order valence-electron chi connectivity index (χ0n) is 12.5. The molecule has 5 nitrogen and oxygen atoms in total. The maximum atomic E-state index is 11.3. The van der Waals surface area contributed by atoms with E-state index >= 15 is 0 Å². The van der Waals surface area contributed by atoms with Gasteiger partial charge in [0.25, 0.3) is 0 Å². The standard InChI is InChI=1S/C15H25N3O2S/c1-11(18-15-5-3-2-4-13(15)10-16)12-6-8-14(9-7-12)21(17,19)20/h6-9,11,13,15,18H,2-5,10,16H2,1H3,(H2,17,19,20). The van der Waals surface area contributed by atoms with Crippen LogP contribution in [0.3, 0.4) is 0 Å². The van der Waals surface area contributed by atoms with E-state index in [4.69, 9.17) is 10.9 Å². The Morgan fingerprint density at radius 2 is 1.86 bits per heavy atom. The summed E-state index contributed by atoms with van der Waals surface area (Å²) in [5.41, 5.74) is 6.91. The van der Waals surface area contributed by atoms with E-state index in [2.05, 4.69) is 12.2 Å². The van der Waals surface area contributed by atoms with Crippen molar-refractivity contribution in [3.05, 3.63) is 29.8 Å². The van der Waals surface area contributed by atoms with Gasteiger partial charge in [-0.3, -0.25) is 0 Å². The molecule has 0 aliphatic heterocycles. The van der Waals surface area contributed by atoms with Crippen LogP contribution in [-0.2, 0) is 10.0 Å². The molecular formula is C15H25N3O2S. The van der Waals surface area contributed by atoms with Gasteiger partial charge >= 0.3 is 0 Å². The first-order valence-electron chi connectivity index (χ1n) is 7.50. The predicted molar refractivity (Wildman–Crippen MR) is 84.2 cm³/mol. The average Bonchev–Trinajstić information content (AvgIpc) is 2.47. The third-order valence-electron chi connectivity index (χ3n) is 4.38. The number of hydrogen-bond donors (Lipinski definition) is 3. The normalized spacial score (nSPS) is 24.7. The monoisotopic (exact) mass is 311 g/mol. The van der Waals surface area contributed by atoms with Crippen LogP contribution in [0, 0.1) is 5.92 Å². The highest BCUT2D eigenvalue weighted by atomic mass is 32.2. The van der Waals surface area contributed by atoms with Gasteiger partial charge in [0, 0.05) is 12.1 Å².